The van der Waals surface area contributed by atoms with E-state index in [-0.39, 0.29) is 19.0 Å². The molecular formula is C18H30O6SSi. The number of benzene rings is 1. The molecule has 1 aromatic carbocycles. The van der Waals surface area contributed by atoms with E-state index < -0.39 is 30.4 Å². The first-order valence-electron chi connectivity index (χ1n) is 8.63. The third-order valence-corrected chi connectivity index (χ3v) is 5.99. The second-order valence-corrected chi connectivity index (χ2v) is 14.7. The minimum atomic E-state index is -3.69. The van der Waals surface area contributed by atoms with Gasteiger partial charge in [0.15, 0.2) is 5.78 Å². The molecule has 0 fully saturated rings. The minimum Gasteiger partial charge on any atom is -0.356 e. The van der Waals surface area contributed by atoms with Gasteiger partial charge in [0.2, 0.25) is 0 Å². The van der Waals surface area contributed by atoms with Gasteiger partial charge in [-0.05, 0) is 18.5 Å². The number of ketones is 1. The van der Waals surface area contributed by atoms with Gasteiger partial charge in [0.1, 0.15) is 19.0 Å². The number of hydrogen-bond acceptors (Lipinski definition) is 6. The van der Waals surface area contributed by atoms with Crippen LogP contribution in [0.3, 0.4) is 0 Å². The molecule has 2 atom stereocenters. The maximum absolute atomic E-state index is 12.4. The van der Waals surface area contributed by atoms with Gasteiger partial charge >= 0.3 is 0 Å². The van der Waals surface area contributed by atoms with Crippen molar-refractivity contribution in [3.05, 3.63) is 35.9 Å². The first-order valence-corrected chi connectivity index (χ1v) is 14.2. The van der Waals surface area contributed by atoms with Gasteiger partial charge in [0.25, 0.3) is 10.1 Å². The van der Waals surface area contributed by atoms with E-state index in [9.17, 15) is 13.2 Å². The lowest BCUT2D eigenvalue weighted by molar-refractivity contribution is -0.141. The summed E-state index contributed by atoms with van der Waals surface area (Å²) in [6, 6.07) is 9.83. The molecule has 0 bridgehead atoms. The van der Waals surface area contributed by atoms with Gasteiger partial charge in [-0.25, -0.2) is 0 Å². The van der Waals surface area contributed by atoms with E-state index in [1.165, 1.54) is 0 Å². The van der Waals surface area contributed by atoms with Crippen LogP contribution in [0.5, 0.6) is 0 Å². The van der Waals surface area contributed by atoms with Crippen LogP contribution in [0, 0.1) is 0 Å². The predicted octanol–water partition coefficient (Wildman–Crippen LogP) is 3.38. The molecule has 1 rings (SSSR count). The molecular weight excluding hydrogens is 372 g/mol. The third-order valence-electron chi connectivity index (χ3n) is 3.70. The molecule has 0 aromatic heterocycles. The summed E-state index contributed by atoms with van der Waals surface area (Å²) in [4.78, 5) is 12.4. The van der Waals surface area contributed by atoms with E-state index in [1.54, 1.807) is 31.2 Å². The first kappa shape index (κ1) is 23.0. The molecule has 1 aromatic rings. The number of rotatable bonds is 12. The largest absolute Gasteiger partial charge is 0.356 e. The first-order chi connectivity index (χ1) is 12.0. The van der Waals surface area contributed by atoms with Crippen LogP contribution in [0.15, 0.2) is 30.3 Å². The van der Waals surface area contributed by atoms with Crippen molar-refractivity contribution in [2.75, 3.05) is 19.7 Å². The van der Waals surface area contributed by atoms with E-state index in [4.69, 9.17) is 13.7 Å². The molecule has 0 aliphatic carbocycles. The fourth-order valence-electron chi connectivity index (χ4n) is 2.12. The number of carbonyl (C=O) groups is 1. The highest BCUT2D eigenvalue weighted by Gasteiger charge is 2.24. The van der Waals surface area contributed by atoms with Crippen molar-refractivity contribution >= 4 is 24.0 Å². The Balaban J connectivity index is 2.55. The van der Waals surface area contributed by atoms with E-state index >= 15 is 0 Å². The molecule has 0 aliphatic rings. The van der Waals surface area contributed by atoms with Crippen molar-refractivity contribution in [3.8, 4) is 0 Å². The van der Waals surface area contributed by atoms with Crippen molar-refractivity contribution in [2.45, 2.75) is 51.2 Å². The summed E-state index contributed by atoms with van der Waals surface area (Å²) in [5.41, 5.74) is 0.630. The van der Waals surface area contributed by atoms with Crippen molar-refractivity contribution in [2.24, 2.45) is 0 Å². The summed E-state index contributed by atoms with van der Waals surface area (Å²) < 4.78 is 39.0. The monoisotopic (exact) mass is 402 g/mol. The van der Waals surface area contributed by atoms with Gasteiger partial charge < -0.3 is 9.47 Å². The fourth-order valence-corrected chi connectivity index (χ4v) is 3.47. The molecule has 0 radical (unpaired) electrons. The summed E-state index contributed by atoms with van der Waals surface area (Å²) in [6.45, 7) is 9.06. The molecule has 0 aliphatic heterocycles. The Hall–Kier alpha value is -1.06. The van der Waals surface area contributed by atoms with Crippen molar-refractivity contribution in [1.29, 1.82) is 0 Å². The Kier molecular flexibility index (Phi) is 9.12. The van der Waals surface area contributed by atoms with E-state index in [0.29, 0.717) is 12.2 Å². The Morgan fingerprint density at radius 1 is 1.15 bits per heavy atom. The van der Waals surface area contributed by atoms with Gasteiger partial charge in [-0.15, -0.1) is 0 Å². The van der Waals surface area contributed by atoms with Crippen LogP contribution < -0.4 is 0 Å². The smallest absolute Gasteiger partial charge is 0.264 e. The van der Waals surface area contributed by atoms with Crippen LogP contribution in [-0.2, 0) is 28.6 Å². The van der Waals surface area contributed by atoms with Gasteiger partial charge in [0.05, 0.1) is 6.26 Å². The van der Waals surface area contributed by atoms with Crippen LogP contribution in [0.25, 0.3) is 0 Å². The lowest BCUT2D eigenvalue weighted by Gasteiger charge is -2.19. The summed E-state index contributed by atoms with van der Waals surface area (Å²) in [5.74, 6) is -0.240. The average Bonchev–Trinajstić information content (AvgIpc) is 2.52. The van der Waals surface area contributed by atoms with Crippen molar-refractivity contribution in [1.82, 2.24) is 0 Å². The third kappa shape index (κ3) is 10.2. The van der Waals surface area contributed by atoms with Crippen LogP contribution in [0.1, 0.15) is 25.0 Å². The minimum absolute atomic E-state index is 0.0420. The fraction of sp³-hybridized carbons (Fsp3) is 0.611. The number of Topliss-reactive ketones (excluding diaryl/α,β-unsaturated/α-hetero) is 1. The zero-order valence-electron chi connectivity index (χ0n) is 16.2. The maximum atomic E-state index is 12.4. The molecule has 8 heteroatoms. The zero-order valence-corrected chi connectivity index (χ0v) is 18.0. The molecule has 0 heterocycles. The average molecular weight is 403 g/mol. The molecule has 0 spiro atoms. The van der Waals surface area contributed by atoms with E-state index in [0.717, 1.165) is 12.3 Å². The zero-order chi connectivity index (χ0) is 19.8. The van der Waals surface area contributed by atoms with Crippen molar-refractivity contribution < 1.29 is 26.9 Å². The second kappa shape index (κ2) is 10.3. The molecule has 0 amide bonds. The molecule has 148 valence electrons. The van der Waals surface area contributed by atoms with E-state index in [2.05, 4.69) is 19.6 Å². The van der Waals surface area contributed by atoms with Crippen LogP contribution in [0.2, 0.25) is 25.7 Å². The number of hydrogen-bond donors (Lipinski definition) is 0. The second-order valence-electron chi connectivity index (χ2n) is 7.52. The lowest BCUT2D eigenvalue weighted by Crippen LogP contribution is -2.26. The molecule has 0 N–H and O–H groups in total. The number of carbonyl (C=O) groups excluding carboxylic acids is 1. The lowest BCUT2D eigenvalue weighted by atomic mass is 10.0. The Morgan fingerprint density at radius 2 is 1.77 bits per heavy atom. The molecule has 6 nitrogen and oxygen atoms in total. The standard InChI is InChI=1S/C18H30O6SSi/c1-15(23-14-22-11-12-26(3,4)5)17(19)13-18(24-25(2,20)21)16-9-7-6-8-10-16/h6-10,15,18H,11-14H2,1-5H3/t15-,18+/m1/s1. The Bertz CT molecular complexity index is 654. The SMILES string of the molecule is C[C@@H](OCOCC[Si](C)(C)C)C(=O)C[C@H](OS(C)(=O)=O)c1ccccc1. The highest BCUT2D eigenvalue weighted by Crippen LogP contribution is 2.24. The summed E-state index contributed by atoms with van der Waals surface area (Å²) >= 11 is 0. The van der Waals surface area contributed by atoms with Gasteiger partial charge in [-0.1, -0.05) is 50.0 Å². The molecule has 26 heavy (non-hydrogen) atoms. The molecule has 0 saturated heterocycles. The topological polar surface area (TPSA) is 78.9 Å². The summed E-state index contributed by atoms with van der Waals surface area (Å²) in [5, 5.41) is 0. The Morgan fingerprint density at radius 3 is 2.31 bits per heavy atom. The predicted molar refractivity (Wildman–Crippen MR) is 104 cm³/mol. The highest BCUT2D eigenvalue weighted by atomic mass is 32.2. The van der Waals surface area contributed by atoms with E-state index in [1.807, 2.05) is 6.07 Å². The number of ether oxygens (including phenoxy) is 2. The Labute approximate surface area is 158 Å². The van der Waals surface area contributed by atoms with Gasteiger partial charge in [-0.3, -0.25) is 8.98 Å². The van der Waals surface area contributed by atoms with Gasteiger partial charge in [-0.2, -0.15) is 8.42 Å². The van der Waals surface area contributed by atoms with Crippen molar-refractivity contribution in [3.63, 3.8) is 0 Å². The maximum Gasteiger partial charge on any atom is 0.264 e. The van der Waals surface area contributed by atoms with Gasteiger partial charge in [0, 0.05) is 21.1 Å². The summed E-state index contributed by atoms with van der Waals surface area (Å²) in [6.07, 6.45) is -0.679. The van der Waals surface area contributed by atoms with Crippen LogP contribution in [0.4, 0.5) is 0 Å². The normalized spacial score (nSPS) is 14.8. The van der Waals surface area contributed by atoms with Crippen LogP contribution in [-0.4, -0.2) is 48.0 Å². The molecule has 0 unspecified atom stereocenters. The highest BCUT2D eigenvalue weighted by molar-refractivity contribution is 7.86. The summed E-state index contributed by atoms with van der Waals surface area (Å²) in [7, 11) is -4.85. The van der Waals surface area contributed by atoms with Crippen LogP contribution >= 0.6 is 0 Å². The molecule has 0 saturated carbocycles. The quantitative estimate of drug-likeness (QED) is 0.231.